The molecule has 248 valence electrons. The number of carbonyl (C=O) groups is 4. The lowest BCUT2D eigenvalue weighted by atomic mass is 9.46. The highest BCUT2D eigenvalue weighted by atomic mass is 32.2. The number of carbonyl (C=O) groups excluding carboxylic acids is 4. The molecule has 8 unspecified atom stereocenters. The maximum Gasteiger partial charge on any atom is 0.242 e. The second-order valence-corrected chi connectivity index (χ2v) is 17.4. The third kappa shape index (κ3) is 6.75. The van der Waals surface area contributed by atoms with E-state index in [0.29, 0.717) is 49.8 Å². The van der Waals surface area contributed by atoms with E-state index in [1.807, 2.05) is 26.8 Å². The lowest BCUT2D eigenvalue weighted by Crippen LogP contribution is -2.56. The van der Waals surface area contributed by atoms with Crippen molar-refractivity contribution < 1.29 is 29.4 Å². The number of unbranched alkanes of at least 4 members (excludes halogenated alkanes) is 2. The Labute approximate surface area is 271 Å². The molecule has 4 aliphatic carbocycles. The summed E-state index contributed by atoms with van der Waals surface area (Å²) in [5.41, 5.74) is 4.01. The van der Waals surface area contributed by atoms with Crippen molar-refractivity contribution in [1.29, 1.82) is 0 Å². The maximum atomic E-state index is 12.7. The van der Waals surface area contributed by atoms with Crippen LogP contribution in [0, 0.1) is 34.5 Å². The zero-order chi connectivity index (χ0) is 32.7. The average molecular weight is 642 g/mol. The number of nitrogens with zero attached hydrogens (tertiary/aromatic N) is 2. The molecular weight excluding hydrogens is 590 g/mol. The number of thioether (sulfide) groups is 1. The van der Waals surface area contributed by atoms with Gasteiger partial charge >= 0.3 is 0 Å². The van der Waals surface area contributed by atoms with Gasteiger partial charge in [0.05, 0.1) is 17.1 Å². The van der Waals surface area contributed by atoms with Gasteiger partial charge in [0.25, 0.3) is 0 Å². The van der Waals surface area contributed by atoms with Gasteiger partial charge in [0.1, 0.15) is 6.61 Å². The van der Waals surface area contributed by atoms with Crippen molar-refractivity contribution in [3.63, 3.8) is 0 Å². The monoisotopic (exact) mass is 641 g/mol. The van der Waals surface area contributed by atoms with E-state index >= 15 is 0 Å². The van der Waals surface area contributed by atoms with Crippen LogP contribution in [0.2, 0.25) is 0 Å². The largest absolute Gasteiger partial charge is 0.393 e. The summed E-state index contributed by atoms with van der Waals surface area (Å²) >= 11 is 1.55. The van der Waals surface area contributed by atoms with E-state index in [2.05, 4.69) is 36.5 Å². The van der Waals surface area contributed by atoms with Crippen LogP contribution in [0.3, 0.4) is 0 Å². The fraction of sp³-hybridized carbons (Fsp3) is 0.743. The number of Topliss-reactive ketones (excluding diaryl/α,β-unsaturated/α-hetero) is 1. The number of hydrogen-bond acceptors (Lipinski definition) is 8. The zero-order valence-electron chi connectivity index (χ0n) is 27.5. The number of hydrogen-bond donors (Lipinski definition) is 3. The number of nitrogens with one attached hydrogen (secondary N) is 1. The number of fused-ring (bicyclic) bond motifs is 5. The number of hydrazone groups is 1. The molecule has 45 heavy (non-hydrogen) atoms. The minimum absolute atomic E-state index is 0.0558. The first-order chi connectivity index (χ1) is 21.2. The Morgan fingerprint density at radius 1 is 1.13 bits per heavy atom. The first-order valence-corrected chi connectivity index (χ1v) is 17.7. The highest BCUT2D eigenvalue weighted by Gasteiger charge is 2.62. The van der Waals surface area contributed by atoms with E-state index in [0.717, 1.165) is 32.1 Å². The minimum atomic E-state index is -0.537. The van der Waals surface area contributed by atoms with Gasteiger partial charge in [-0.25, -0.2) is 5.43 Å². The lowest BCUT2D eigenvalue weighted by Gasteiger charge is -2.58. The lowest BCUT2D eigenvalue weighted by molar-refractivity contribution is -0.141. The summed E-state index contributed by atoms with van der Waals surface area (Å²) in [4.78, 5) is 51.5. The molecule has 0 radical (unpaired) electrons. The van der Waals surface area contributed by atoms with Crippen molar-refractivity contribution in [2.75, 3.05) is 13.2 Å². The van der Waals surface area contributed by atoms with Gasteiger partial charge in [-0.1, -0.05) is 52.7 Å². The predicted octanol–water partition coefficient (Wildman–Crippen LogP) is 4.57. The predicted molar refractivity (Wildman–Crippen MR) is 175 cm³/mol. The molecule has 0 aromatic carbocycles. The quantitative estimate of drug-likeness (QED) is 0.181. The molecule has 1 heterocycles. The molecule has 3 N–H and O–H groups in total. The third-order valence-corrected chi connectivity index (χ3v) is 12.7. The summed E-state index contributed by atoms with van der Waals surface area (Å²) in [6.07, 6.45) is 12.4. The van der Waals surface area contributed by atoms with Gasteiger partial charge < -0.3 is 10.2 Å². The van der Waals surface area contributed by atoms with Crippen LogP contribution in [0.4, 0.5) is 0 Å². The topological polar surface area (TPSA) is 136 Å². The Hall–Kier alpha value is -2.30. The molecule has 0 aromatic heterocycles. The number of ketones is 1. The minimum Gasteiger partial charge on any atom is -0.393 e. The number of imide groups is 1. The Morgan fingerprint density at radius 3 is 2.60 bits per heavy atom. The molecule has 3 saturated carbocycles. The normalized spacial score (nSPS) is 36.9. The van der Waals surface area contributed by atoms with E-state index in [9.17, 15) is 29.4 Å². The summed E-state index contributed by atoms with van der Waals surface area (Å²) in [5, 5.41) is 25.2. The zero-order valence-corrected chi connectivity index (χ0v) is 28.3. The Morgan fingerprint density at radius 2 is 1.89 bits per heavy atom. The number of aliphatic hydroxyl groups is 2. The average Bonchev–Trinajstić information content (AvgIpc) is 3.44. The molecule has 5 rings (SSSR count). The summed E-state index contributed by atoms with van der Waals surface area (Å²) in [7, 11) is 0. The van der Waals surface area contributed by atoms with E-state index in [4.69, 9.17) is 0 Å². The molecule has 3 amide bonds. The summed E-state index contributed by atoms with van der Waals surface area (Å²) in [6.45, 7) is 10.5. The standard InChI is InChI=1S/C35H51N3O6S/c1-33(2,3)45-28-18-30(43)38(32(28)44)16-8-6-7-9-29(42)37-36-22-14-15-34(4)21(17-22)10-11-23-24-12-13-25(27(41)20-39)35(24,5)19-26(40)31(23)34/h14-15,17,23-26,28,31,39-40H,6-13,16,18-20H2,1-5H3,(H,37,42). The Kier molecular flexibility index (Phi) is 9.89. The van der Waals surface area contributed by atoms with Crippen LogP contribution in [0.25, 0.3) is 0 Å². The van der Waals surface area contributed by atoms with E-state index in [-0.39, 0.29) is 62.6 Å². The van der Waals surface area contributed by atoms with E-state index in [1.165, 1.54) is 10.5 Å². The fourth-order valence-electron chi connectivity index (χ4n) is 9.37. The summed E-state index contributed by atoms with van der Waals surface area (Å²) < 4.78 is -0.0819. The SMILES string of the molecule is CC(C)(C)SC1CC(=O)N(CCCCCC(=O)NN=C2C=CC3(C)C(=C2)CCC2C3C(O)CC3(C)C(C(=O)CO)CCC23)C1=O. The first kappa shape index (κ1) is 34.0. The maximum absolute atomic E-state index is 12.7. The number of aliphatic hydroxyl groups excluding tert-OH is 2. The molecule has 1 saturated heterocycles. The summed E-state index contributed by atoms with van der Waals surface area (Å²) in [6, 6.07) is 0. The van der Waals surface area contributed by atoms with Crippen molar-refractivity contribution in [1.82, 2.24) is 10.3 Å². The van der Waals surface area contributed by atoms with Gasteiger partial charge in [-0.15, -0.1) is 11.8 Å². The highest BCUT2D eigenvalue weighted by Crippen LogP contribution is 2.66. The van der Waals surface area contributed by atoms with Gasteiger partial charge in [0, 0.05) is 41.4 Å². The van der Waals surface area contributed by atoms with Crippen LogP contribution in [0.15, 0.2) is 28.9 Å². The van der Waals surface area contributed by atoms with E-state index < -0.39 is 12.7 Å². The molecule has 0 aromatic rings. The van der Waals surface area contributed by atoms with Crippen LogP contribution in [-0.2, 0) is 19.2 Å². The molecule has 8 atom stereocenters. The highest BCUT2D eigenvalue weighted by molar-refractivity contribution is 8.01. The van der Waals surface area contributed by atoms with Crippen molar-refractivity contribution >= 4 is 41.0 Å². The second-order valence-electron chi connectivity index (χ2n) is 15.3. The fourth-order valence-corrected chi connectivity index (χ4v) is 10.7. The van der Waals surface area contributed by atoms with Crippen molar-refractivity contribution in [3.8, 4) is 0 Å². The molecule has 0 bridgehead atoms. The van der Waals surface area contributed by atoms with E-state index in [1.54, 1.807) is 11.8 Å². The molecule has 1 aliphatic heterocycles. The molecular formula is C35H51N3O6S. The Balaban J connectivity index is 1.10. The van der Waals surface area contributed by atoms with Gasteiger partial charge in [0.2, 0.25) is 17.7 Å². The number of allylic oxidation sites excluding steroid dienone is 4. The van der Waals surface area contributed by atoms with Crippen LogP contribution in [0.1, 0.15) is 98.8 Å². The Bertz CT molecular complexity index is 1300. The second kappa shape index (κ2) is 13.1. The van der Waals surface area contributed by atoms with Crippen LogP contribution < -0.4 is 5.43 Å². The molecule has 5 aliphatic rings. The number of likely N-dealkylation sites (tertiary alicyclic amines) is 1. The van der Waals surface area contributed by atoms with Gasteiger partial charge in [-0.05, 0) is 74.3 Å². The van der Waals surface area contributed by atoms with Gasteiger partial charge in [-0.2, -0.15) is 5.10 Å². The summed E-state index contributed by atoms with van der Waals surface area (Å²) in [5.74, 6) is 0.0862. The van der Waals surface area contributed by atoms with Gasteiger partial charge in [0.15, 0.2) is 5.78 Å². The van der Waals surface area contributed by atoms with Crippen molar-refractivity contribution in [2.45, 2.75) is 115 Å². The van der Waals surface area contributed by atoms with Crippen molar-refractivity contribution in [3.05, 3.63) is 23.8 Å². The van der Waals surface area contributed by atoms with Gasteiger partial charge in [-0.3, -0.25) is 24.1 Å². The van der Waals surface area contributed by atoms with Crippen LogP contribution >= 0.6 is 11.8 Å². The van der Waals surface area contributed by atoms with Crippen molar-refractivity contribution in [2.24, 2.45) is 39.6 Å². The third-order valence-electron chi connectivity index (χ3n) is 11.3. The molecule has 4 fully saturated rings. The molecule has 10 heteroatoms. The number of rotatable bonds is 10. The number of amides is 3. The van der Waals surface area contributed by atoms with Crippen LogP contribution in [-0.4, -0.2) is 73.6 Å². The first-order valence-electron chi connectivity index (χ1n) is 16.8. The smallest absolute Gasteiger partial charge is 0.242 e. The van der Waals surface area contributed by atoms with Crippen LogP contribution in [0.5, 0.6) is 0 Å². The molecule has 0 spiro atoms. The molecule has 9 nitrogen and oxygen atoms in total.